The second-order valence-corrected chi connectivity index (χ2v) is 14.9. The van der Waals surface area contributed by atoms with Gasteiger partial charge in [-0.15, -0.1) is 0 Å². The minimum absolute atomic E-state index is 0.141. The van der Waals surface area contributed by atoms with Gasteiger partial charge in [0.1, 0.15) is 0 Å². The van der Waals surface area contributed by atoms with E-state index in [2.05, 4.69) is 62.9 Å². The third-order valence-electron chi connectivity index (χ3n) is 5.25. The van der Waals surface area contributed by atoms with Crippen molar-refractivity contribution in [3.8, 4) is 40.5 Å². The average Bonchev–Trinajstić information content (AvgIpc) is 3.55. The van der Waals surface area contributed by atoms with Crippen LogP contribution in [0.1, 0.15) is 19.5 Å². The van der Waals surface area contributed by atoms with E-state index >= 15 is 0 Å². The SMILES string of the molecule is [C-]#[N+]/C(C#N)=c1\cc(-c2cc(C)sc2C)/c(=c2\[se]c(=C(C#N)C#N)cc2-c2cc(C)sc2C)[se]1. The Morgan fingerprint density at radius 3 is 1.59 bits per heavy atom. The van der Waals surface area contributed by atoms with Gasteiger partial charge in [-0.1, -0.05) is 0 Å². The fraction of sp³-hybridized carbons (Fsp3) is 0.154. The maximum absolute atomic E-state index is 9.56. The molecule has 0 saturated carbocycles. The molecule has 4 heterocycles. The Morgan fingerprint density at radius 1 is 0.735 bits per heavy atom. The van der Waals surface area contributed by atoms with Gasteiger partial charge in [0, 0.05) is 0 Å². The summed E-state index contributed by atoms with van der Waals surface area (Å²) in [5.41, 5.74) is 4.70. The molecule has 34 heavy (non-hydrogen) atoms. The van der Waals surface area contributed by atoms with Gasteiger partial charge in [-0.05, 0) is 0 Å². The van der Waals surface area contributed by atoms with Gasteiger partial charge in [-0.3, -0.25) is 0 Å². The van der Waals surface area contributed by atoms with Crippen LogP contribution in [0.4, 0.5) is 0 Å². The van der Waals surface area contributed by atoms with E-state index in [1.807, 2.05) is 12.1 Å². The van der Waals surface area contributed by atoms with Crippen LogP contribution in [0.2, 0.25) is 0 Å². The Kier molecular flexibility index (Phi) is 6.96. The summed E-state index contributed by atoms with van der Waals surface area (Å²) in [7, 11) is 0. The van der Waals surface area contributed by atoms with Gasteiger partial charge < -0.3 is 0 Å². The van der Waals surface area contributed by atoms with E-state index in [9.17, 15) is 15.8 Å². The Labute approximate surface area is 217 Å². The molecule has 0 amide bonds. The summed E-state index contributed by atoms with van der Waals surface area (Å²) >= 11 is 3.02. The third-order valence-corrected chi connectivity index (χ3v) is 12.7. The van der Waals surface area contributed by atoms with Crippen molar-refractivity contribution in [1.29, 1.82) is 15.8 Å². The molecule has 0 atom stereocenters. The molecule has 0 bridgehead atoms. The summed E-state index contributed by atoms with van der Waals surface area (Å²) in [6, 6.07) is 14.6. The molecule has 8 heteroatoms. The monoisotopic (exact) mass is 608 g/mol. The van der Waals surface area contributed by atoms with Crippen LogP contribution in [0, 0.1) is 76.4 Å². The van der Waals surface area contributed by atoms with E-state index < -0.39 is 0 Å². The van der Waals surface area contributed by atoms with E-state index in [0.717, 1.165) is 38.6 Å². The maximum atomic E-state index is 9.56. The molecule has 4 aromatic heterocycles. The van der Waals surface area contributed by atoms with Crippen molar-refractivity contribution in [2.24, 2.45) is 0 Å². The summed E-state index contributed by atoms with van der Waals surface area (Å²) in [4.78, 5) is 8.30. The van der Waals surface area contributed by atoms with Crippen LogP contribution < -0.4 is 8.19 Å². The van der Waals surface area contributed by atoms with E-state index in [1.165, 1.54) is 19.5 Å². The molecule has 164 valence electrons. The summed E-state index contributed by atoms with van der Waals surface area (Å²) in [5, 5.41) is 28.7. The van der Waals surface area contributed by atoms with Crippen molar-refractivity contribution in [3.63, 3.8) is 0 Å². The Morgan fingerprint density at radius 2 is 1.21 bits per heavy atom. The molecule has 0 aliphatic heterocycles. The van der Waals surface area contributed by atoms with E-state index in [4.69, 9.17) is 6.57 Å². The zero-order valence-corrected chi connectivity index (χ0v) is 23.8. The van der Waals surface area contributed by atoms with E-state index in [-0.39, 0.29) is 40.3 Å². The average molecular weight is 606 g/mol. The second-order valence-electron chi connectivity index (χ2n) is 7.53. The van der Waals surface area contributed by atoms with Gasteiger partial charge in [0.25, 0.3) is 0 Å². The zero-order chi connectivity index (χ0) is 24.6. The van der Waals surface area contributed by atoms with Crippen LogP contribution in [0.25, 0.3) is 38.4 Å². The van der Waals surface area contributed by atoms with Crippen molar-refractivity contribution in [2.45, 2.75) is 27.7 Å². The van der Waals surface area contributed by atoms with Crippen LogP contribution >= 0.6 is 22.7 Å². The Balaban J connectivity index is 2.34. The summed E-state index contributed by atoms with van der Waals surface area (Å²) in [6.45, 7) is 15.9. The van der Waals surface area contributed by atoms with Crippen molar-refractivity contribution in [1.82, 2.24) is 0 Å². The fourth-order valence-electron chi connectivity index (χ4n) is 3.83. The molecule has 0 aromatic carbocycles. The first-order valence-electron chi connectivity index (χ1n) is 10.1. The first-order chi connectivity index (χ1) is 16.3. The molecular weight excluding hydrogens is 590 g/mol. The molecule has 0 spiro atoms. The number of nitrogens with zero attached hydrogens (tertiary/aromatic N) is 4. The molecule has 0 unspecified atom stereocenters. The molecular formula is C26H16N4S2Se2. The molecule has 0 aliphatic rings. The predicted molar refractivity (Wildman–Crippen MR) is 140 cm³/mol. The number of nitriles is 3. The standard InChI is InChI=1S/C26H16N4S2Se2/c1-13-6-18(15(3)31-13)20-8-23(17(10-27)11-28)33-25(20)26-21(19-7-14(2)32-16(19)4)9-24(34-26)22(12-29)30-5/h6-9H,1-4H3/b24-22+,26-25+. The Bertz CT molecular complexity index is 1680. The molecule has 4 rings (SSSR count). The van der Waals surface area contributed by atoms with Gasteiger partial charge in [0.05, 0.1) is 0 Å². The van der Waals surface area contributed by atoms with Gasteiger partial charge >= 0.3 is 218 Å². The van der Waals surface area contributed by atoms with Gasteiger partial charge in [-0.2, -0.15) is 0 Å². The van der Waals surface area contributed by atoms with Gasteiger partial charge in [0.2, 0.25) is 0 Å². The normalized spacial score (nSPS) is 12.4. The molecule has 0 radical (unpaired) electrons. The van der Waals surface area contributed by atoms with Crippen molar-refractivity contribution >= 4 is 63.0 Å². The number of rotatable bonds is 2. The molecule has 0 aliphatic carbocycles. The molecule has 0 N–H and O–H groups in total. The zero-order valence-electron chi connectivity index (χ0n) is 18.7. The first-order valence-corrected chi connectivity index (χ1v) is 15.1. The minimum atomic E-state index is -0.228. The summed E-state index contributed by atoms with van der Waals surface area (Å²) in [6.07, 6.45) is 0. The van der Waals surface area contributed by atoms with Crippen LogP contribution in [-0.4, -0.2) is 29.0 Å². The number of aryl methyl sites for hydroxylation is 4. The quantitative estimate of drug-likeness (QED) is 0.249. The Hall–Kier alpha value is -2.90. The number of thiophene rings is 2. The molecule has 0 fully saturated rings. The molecule has 0 saturated heterocycles. The van der Waals surface area contributed by atoms with Crippen molar-refractivity contribution in [2.75, 3.05) is 0 Å². The second kappa shape index (κ2) is 9.76. The molecule has 4 nitrogen and oxygen atoms in total. The van der Waals surface area contributed by atoms with Gasteiger partial charge in [-0.25, -0.2) is 0 Å². The molecule has 4 aromatic rings. The van der Waals surface area contributed by atoms with Crippen LogP contribution in [0.3, 0.4) is 0 Å². The first kappa shape index (κ1) is 24.2. The van der Waals surface area contributed by atoms with E-state index in [1.54, 1.807) is 22.7 Å². The van der Waals surface area contributed by atoms with E-state index in [0.29, 0.717) is 0 Å². The van der Waals surface area contributed by atoms with Crippen molar-refractivity contribution < 1.29 is 0 Å². The predicted octanol–water partition coefficient (Wildman–Crippen LogP) is 4.53. The van der Waals surface area contributed by atoms with Crippen molar-refractivity contribution in [3.05, 3.63) is 71.6 Å². The summed E-state index contributed by atoms with van der Waals surface area (Å²) < 4.78 is 3.88. The topological polar surface area (TPSA) is 75.7 Å². The fourth-order valence-corrected chi connectivity index (χ4v) is 11.1. The third kappa shape index (κ3) is 4.30. The van der Waals surface area contributed by atoms with Crippen LogP contribution in [0.5, 0.6) is 0 Å². The number of hydrogen-bond acceptors (Lipinski definition) is 5. The van der Waals surface area contributed by atoms with Crippen LogP contribution in [-0.2, 0) is 0 Å². The number of hydrogen-bond donors (Lipinski definition) is 0. The van der Waals surface area contributed by atoms with Crippen LogP contribution in [0.15, 0.2) is 24.3 Å². The van der Waals surface area contributed by atoms with Gasteiger partial charge in [0.15, 0.2) is 0 Å². The summed E-state index contributed by atoms with van der Waals surface area (Å²) in [5.74, 6) is 0.